The monoisotopic (exact) mass is 426 g/mol. The molecule has 0 aliphatic heterocycles. The van der Waals surface area contributed by atoms with Crippen molar-refractivity contribution < 1.29 is 19.1 Å². The van der Waals surface area contributed by atoms with E-state index >= 15 is 0 Å². The minimum absolute atomic E-state index is 0.0245. The summed E-state index contributed by atoms with van der Waals surface area (Å²) in [6.07, 6.45) is 5.67. The maximum atomic E-state index is 12.2. The topological polar surface area (TPSA) is 75.7 Å². The average Bonchev–Trinajstić information content (AvgIpc) is 2.68. The summed E-state index contributed by atoms with van der Waals surface area (Å²) in [4.78, 5) is 37.7. The van der Waals surface area contributed by atoms with E-state index in [4.69, 9.17) is 16.3 Å². The molecule has 28 heavy (non-hydrogen) atoms. The molecule has 8 heteroatoms. The predicted octanol–water partition coefficient (Wildman–Crippen LogP) is 3.65. The van der Waals surface area contributed by atoms with Crippen molar-refractivity contribution in [3.8, 4) is 0 Å². The first kappa shape index (κ1) is 22.6. The van der Waals surface area contributed by atoms with Crippen LogP contribution >= 0.6 is 23.4 Å². The van der Waals surface area contributed by atoms with Crippen LogP contribution < -0.4 is 5.32 Å². The van der Waals surface area contributed by atoms with Gasteiger partial charge in [-0.05, 0) is 37.5 Å². The van der Waals surface area contributed by atoms with Gasteiger partial charge in [-0.15, -0.1) is 11.8 Å². The number of hydrogen-bond acceptors (Lipinski definition) is 5. The Balaban J connectivity index is 1.64. The number of ether oxygens (including phenoxy) is 1. The largest absolute Gasteiger partial charge is 0.455 e. The van der Waals surface area contributed by atoms with Gasteiger partial charge in [0.05, 0.1) is 22.2 Å². The summed E-state index contributed by atoms with van der Waals surface area (Å²) in [6, 6.07) is 5.57. The highest BCUT2D eigenvalue weighted by atomic mass is 35.5. The van der Waals surface area contributed by atoms with Crippen LogP contribution in [0.1, 0.15) is 37.7 Å². The van der Waals surface area contributed by atoms with Crippen molar-refractivity contribution in [2.75, 3.05) is 30.5 Å². The summed E-state index contributed by atoms with van der Waals surface area (Å²) in [5, 5.41) is 3.03. The summed E-state index contributed by atoms with van der Waals surface area (Å²) in [6.45, 7) is 1.51. The van der Waals surface area contributed by atoms with E-state index in [0.29, 0.717) is 16.8 Å². The predicted molar refractivity (Wildman–Crippen MR) is 113 cm³/mol. The van der Waals surface area contributed by atoms with Gasteiger partial charge >= 0.3 is 5.97 Å². The summed E-state index contributed by atoms with van der Waals surface area (Å²) in [5.74, 6) is -0.701. The standard InChI is InChI=1S/C20H27ClN2O4S/c1-14-8-9-17(16(21)10-14)22-18(24)11-27-20(26)13-28-12-19(25)23(2)15-6-4-3-5-7-15/h8-10,15H,3-7,11-13H2,1-2H3,(H,22,24). The number of thioether (sulfide) groups is 1. The third kappa shape index (κ3) is 7.36. The zero-order valence-electron chi connectivity index (χ0n) is 16.3. The number of aryl methyl sites for hydroxylation is 1. The number of carbonyl (C=O) groups excluding carboxylic acids is 3. The fourth-order valence-electron chi connectivity index (χ4n) is 3.09. The lowest BCUT2D eigenvalue weighted by Gasteiger charge is -2.31. The fraction of sp³-hybridized carbons (Fsp3) is 0.550. The van der Waals surface area contributed by atoms with Crippen molar-refractivity contribution in [3.05, 3.63) is 28.8 Å². The molecule has 0 unspecified atom stereocenters. The van der Waals surface area contributed by atoms with Crippen LogP contribution in [0, 0.1) is 6.92 Å². The van der Waals surface area contributed by atoms with Crippen LogP contribution in [0.5, 0.6) is 0 Å². The molecule has 0 atom stereocenters. The molecule has 2 rings (SSSR count). The van der Waals surface area contributed by atoms with Gasteiger partial charge in [0, 0.05) is 13.1 Å². The first-order chi connectivity index (χ1) is 13.4. The van der Waals surface area contributed by atoms with Gasteiger partial charge in [-0.2, -0.15) is 0 Å². The van der Waals surface area contributed by atoms with Crippen LogP contribution in [0.25, 0.3) is 0 Å². The van der Waals surface area contributed by atoms with Crippen molar-refractivity contribution in [1.29, 1.82) is 0 Å². The molecule has 1 aliphatic carbocycles. The molecule has 6 nitrogen and oxygen atoms in total. The number of nitrogens with zero attached hydrogens (tertiary/aromatic N) is 1. The average molecular weight is 427 g/mol. The van der Waals surface area contributed by atoms with Gasteiger partial charge in [-0.3, -0.25) is 14.4 Å². The Hall–Kier alpha value is -1.73. The zero-order chi connectivity index (χ0) is 20.5. The summed E-state index contributed by atoms with van der Waals surface area (Å²) in [5.41, 5.74) is 1.45. The number of benzene rings is 1. The molecule has 1 saturated carbocycles. The molecular formula is C20H27ClN2O4S. The maximum absolute atomic E-state index is 12.2. The molecular weight excluding hydrogens is 400 g/mol. The molecule has 0 aromatic heterocycles. The third-order valence-electron chi connectivity index (χ3n) is 4.72. The molecule has 2 amide bonds. The van der Waals surface area contributed by atoms with Gasteiger partial charge in [0.25, 0.3) is 5.91 Å². The molecule has 0 bridgehead atoms. The van der Waals surface area contributed by atoms with E-state index in [2.05, 4.69) is 5.32 Å². The molecule has 154 valence electrons. The first-order valence-corrected chi connectivity index (χ1v) is 10.9. The molecule has 1 fully saturated rings. The van der Waals surface area contributed by atoms with Crippen LogP contribution in [-0.4, -0.2) is 53.9 Å². The number of hydrogen-bond donors (Lipinski definition) is 1. The molecule has 0 heterocycles. The van der Waals surface area contributed by atoms with Crippen molar-refractivity contribution in [3.63, 3.8) is 0 Å². The number of rotatable bonds is 8. The molecule has 1 aromatic carbocycles. The Labute approximate surface area is 175 Å². The Morgan fingerprint density at radius 3 is 2.61 bits per heavy atom. The second-order valence-electron chi connectivity index (χ2n) is 6.98. The molecule has 1 N–H and O–H groups in total. The van der Waals surface area contributed by atoms with E-state index in [0.717, 1.165) is 31.2 Å². The summed E-state index contributed by atoms with van der Waals surface area (Å²) in [7, 11) is 1.83. The van der Waals surface area contributed by atoms with Gasteiger partial charge in [0.2, 0.25) is 5.91 Å². The van der Waals surface area contributed by atoms with E-state index in [1.807, 2.05) is 20.0 Å². The number of halogens is 1. The van der Waals surface area contributed by atoms with Crippen LogP contribution in [-0.2, 0) is 19.1 Å². The van der Waals surface area contributed by atoms with Gasteiger partial charge in [0.15, 0.2) is 6.61 Å². The molecule has 0 saturated heterocycles. The van der Waals surface area contributed by atoms with Gasteiger partial charge in [-0.1, -0.05) is 36.9 Å². The highest BCUT2D eigenvalue weighted by Gasteiger charge is 2.22. The van der Waals surface area contributed by atoms with E-state index < -0.39 is 11.9 Å². The number of carbonyl (C=O) groups is 3. The number of amides is 2. The van der Waals surface area contributed by atoms with Gasteiger partial charge in [-0.25, -0.2) is 0 Å². The second kappa shape index (κ2) is 11.3. The van der Waals surface area contributed by atoms with E-state index in [1.165, 1.54) is 18.2 Å². The van der Waals surface area contributed by atoms with Crippen LogP contribution in [0.3, 0.4) is 0 Å². The lowest BCUT2D eigenvalue weighted by atomic mass is 9.94. The minimum Gasteiger partial charge on any atom is -0.455 e. The lowest BCUT2D eigenvalue weighted by molar-refractivity contribution is -0.144. The zero-order valence-corrected chi connectivity index (χ0v) is 17.9. The maximum Gasteiger partial charge on any atom is 0.316 e. The third-order valence-corrected chi connectivity index (χ3v) is 5.93. The number of anilines is 1. The quantitative estimate of drug-likeness (QED) is 0.642. The van der Waals surface area contributed by atoms with Crippen molar-refractivity contribution >= 4 is 46.8 Å². The van der Waals surface area contributed by atoms with Crippen molar-refractivity contribution in [2.45, 2.75) is 45.1 Å². The first-order valence-electron chi connectivity index (χ1n) is 9.42. The SMILES string of the molecule is Cc1ccc(NC(=O)COC(=O)CSCC(=O)N(C)C2CCCCC2)c(Cl)c1. The van der Waals surface area contributed by atoms with E-state index in [9.17, 15) is 14.4 Å². The van der Waals surface area contributed by atoms with Gasteiger partial charge in [0.1, 0.15) is 0 Å². The Morgan fingerprint density at radius 1 is 1.21 bits per heavy atom. The smallest absolute Gasteiger partial charge is 0.316 e. The van der Waals surface area contributed by atoms with Crippen molar-refractivity contribution in [2.24, 2.45) is 0 Å². The summed E-state index contributed by atoms with van der Waals surface area (Å²) >= 11 is 7.26. The molecule has 1 aromatic rings. The van der Waals surface area contributed by atoms with Crippen LogP contribution in [0.4, 0.5) is 5.69 Å². The molecule has 0 radical (unpaired) electrons. The normalized spacial score (nSPS) is 14.4. The molecule has 0 spiro atoms. The summed E-state index contributed by atoms with van der Waals surface area (Å²) < 4.78 is 4.96. The van der Waals surface area contributed by atoms with E-state index in [1.54, 1.807) is 17.0 Å². The minimum atomic E-state index is -0.525. The van der Waals surface area contributed by atoms with Crippen molar-refractivity contribution in [1.82, 2.24) is 4.90 Å². The lowest BCUT2D eigenvalue weighted by Crippen LogP contribution is -2.39. The fourth-order valence-corrected chi connectivity index (χ4v) is 4.10. The Morgan fingerprint density at radius 2 is 1.93 bits per heavy atom. The highest BCUT2D eigenvalue weighted by Crippen LogP contribution is 2.23. The molecule has 1 aliphatic rings. The van der Waals surface area contributed by atoms with Gasteiger partial charge < -0.3 is 15.0 Å². The Bertz CT molecular complexity index is 707. The Kier molecular flexibility index (Phi) is 9.12. The van der Waals surface area contributed by atoms with E-state index in [-0.39, 0.29) is 24.0 Å². The highest BCUT2D eigenvalue weighted by molar-refractivity contribution is 8.00. The number of nitrogens with one attached hydrogen (secondary N) is 1. The second-order valence-corrected chi connectivity index (χ2v) is 8.37. The van der Waals surface area contributed by atoms with Crippen LogP contribution in [0.2, 0.25) is 5.02 Å². The van der Waals surface area contributed by atoms with Crippen LogP contribution in [0.15, 0.2) is 18.2 Å². The number of esters is 1.